The molecule has 0 aliphatic carbocycles. The Morgan fingerprint density at radius 3 is 2.55 bits per heavy atom. The molecular formula is C32H32Cl2F3N7O3. The molecule has 0 saturated carbocycles. The number of carbonyl (C=O) groups is 1. The van der Waals surface area contributed by atoms with Crippen LogP contribution < -0.4 is 26.0 Å². The predicted octanol–water partition coefficient (Wildman–Crippen LogP) is 5.84. The van der Waals surface area contributed by atoms with Crippen LogP contribution in [0.1, 0.15) is 30.9 Å². The lowest BCUT2D eigenvalue weighted by atomic mass is 10.1. The van der Waals surface area contributed by atoms with E-state index >= 15 is 4.39 Å². The topological polar surface area (TPSA) is 133 Å². The van der Waals surface area contributed by atoms with Crippen molar-refractivity contribution in [1.82, 2.24) is 30.9 Å². The van der Waals surface area contributed by atoms with Gasteiger partial charge in [0.2, 0.25) is 11.8 Å². The number of aliphatic hydroxyl groups is 1. The maximum atomic E-state index is 15.2. The van der Waals surface area contributed by atoms with Crippen molar-refractivity contribution >= 4 is 40.6 Å². The Bertz CT molecular complexity index is 1730. The largest absolute Gasteiger partial charge is 0.417 e. The fourth-order valence-electron chi connectivity index (χ4n) is 5.04. The summed E-state index contributed by atoms with van der Waals surface area (Å²) in [5.41, 5.74) is 2.44. The van der Waals surface area contributed by atoms with Gasteiger partial charge in [-0.15, -0.1) is 0 Å². The average molecular weight is 691 g/mol. The molecule has 5 N–H and O–H groups in total. The average Bonchev–Trinajstić information content (AvgIpc) is 3.45. The molecule has 4 aromatic rings. The number of pyridine rings is 3. The number of rotatable bonds is 14. The van der Waals surface area contributed by atoms with E-state index in [1.807, 2.05) is 0 Å². The quantitative estimate of drug-likeness (QED) is 0.111. The fourth-order valence-corrected chi connectivity index (χ4v) is 5.62. The van der Waals surface area contributed by atoms with Crippen LogP contribution in [0.25, 0.3) is 22.5 Å². The van der Waals surface area contributed by atoms with Gasteiger partial charge in [-0.1, -0.05) is 41.4 Å². The number of hydrogen-bond acceptors (Lipinski definition) is 9. The molecule has 1 aromatic carbocycles. The van der Waals surface area contributed by atoms with Crippen molar-refractivity contribution in [1.29, 1.82) is 0 Å². The number of anilines is 2. The molecular weight excluding hydrogens is 658 g/mol. The minimum atomic E-state index is -3.11. The summed E-state index contributed by atoms with van der Waals surface area (Å²) in [7, 11) is 0. The number of amides is 1. The molecule has 1 amide bonds. The zero-order valence-corrected chi connectivity index (χ0v) is 26.7. The highest BCUT2D eigenvalue weighted by Gasteiger charge is 2.22. The Balaban J connectivity index is 1.38. The van der Waals surface area contributed by atoms with E-state index in [0.717, 1.165) is 0 Å². The van der Waals surface area contributed by atoms with Crippen LogP contribution in [0.3, 0.4) is 0 Å². The van der Waals surface area contributed by atoms with Gasteiger partial charge in [0.1, 0.15) is 0 Å². The molecule has 15 heteroatoms. The summed E-state index contributed by atoms with van der Waals surface area (Å²) in [6.45, 7) is -0.353. The van der Waals surface area contributed by atoms with Gasteiger partial charge in [-0.2, -0.15) is 8.78 Å². The minimum Gasteiger partial charge on any atom is -0.417 e. The van der Waals surface area contributed by atoms with E-state index in [1.54, 1.807) is 43.3 Å². The van der Waals surface area contributed by atoms with Gasteiger partial charge < -0.3 is 31.1 Å². The molecule has 47 heavy (non-hydrogen) atoms. The first-order chi connectivity index (χ1) is 22.6. The Morgan fingerprint density at radius 2 is 1.81 bits per heavy atom. The monoisotopic (exact) mass is 689 g/mol. The molecule has 0 unspecified atom stereocenters. The molecule has 0 radical (unpaired) electrons. The molecule has 1 fully saturated rings. The molecule has 5 rings (SSSR count). The third kappa shape index (κ3) is 8.67. The molecule has 3 aromatic heterocycles. The Hall–Kier alpha value is -4.01. The number of carbonyl (C=O) groups excluding carboxylic acids is 1. The molecule has 1 aliphatic heterocycles. The van der Waals surface area contributed by atoms with Crippen molar-refractivity contribution in [2.75, 3.05) is 18.4 Å². The van der Waals surface area contributed by atoms with Crippen LogP contribution in [-0.4, -0.2) is 57.8 Å². The number of ether oxygens (including phenoxy) is 1. The van der Waals surface area contributed by atoms with Gasteiger partial charge in [0.25, 0.3) is 0 Å². The summed E-state index contributed by atoms with van der Waals surface area (Å²) in [5.74, 6) is -0.914. The lowest BCUT2D eigenvalue weighted by molar-refractivity contribution is -0.119. The zero-order valence-electron chi connectivity index (χ0n) is 25.2. The number of aromatic nitrogens is 3. The van der Waals surface area contributed by atoms with E-state index in [2.05, 4.69) is 36.2 Å². The van der Waals surface area contributed by atoms with Gasteiger partial charge in [-0.3, -0.25) is 9.78 Å². The molecule has 0 bridgehead atoms. The first-order valence-electron chi connectivity index (χ1n) is 14.8. The van der Waals surface area contributed by atoms with Gasteiger partial charge >= 0.3 is 6.61 Å². The summed E-state index contributed by atoms with van der Waals surface area (Å²) in [5, 5.41) is 21.7. The first-order valence-corrected chi connectivity index (χ1v) is 15.5. The Labute approximate surface area is 279 Å². The fraction of sp³-hybridized carbons (Fsp3) is 0.312. The smallest absolute Gasteiger partial charge is 0.388 e. The Kier molecular flexibility index (Phi) is 11.5. The maximum Gasteiger partial charge on any atom is 0.388 e. The van der Waals surface area contributed by atoms with Crippen LogP contribution in [0.2, 0.25) is 10.0 Å². The summed E-state index contributed by atoms with van der Waals surface area (Å²) in [4.78, 5) is 24.3. The second-order valence-corrected chi connectivity index (χ2v) is 11.7. The number of alkyl halides is 2. The standard InChI is InChI=1S/C32H32Cl2F3N7O3/c1-17(45)13-38-14-18-9-11-41-30(28(18)35)43-24-4-2-3-22(26(24)33)29-27(34)21(10-12-40-29)23-7-5-19(31(44-23)47-32(36)37)15-39-16-20-6-8-25(46)42-20/h2-5,7,9-12,17,20,32,38-39,45H,6,8,13-16H2,1H3,(H,41,43)(H,42,46)/t17-,20+/m1/s1. The van der Waals surface area contributed by atoms with Gasteiger partial charge in [0.05, 0.1) is 33.2 Å². The highest BCUT2D eigenvalue weighted by Crippen LogP contribution is 2.41. The van der Waals surface area contributed by atoms with Crippen LogP contribution >= 0.6 is 23.2 Å². The molecule has 1 aliphatic rings. The number of aliphatic hydroxyl groups excluding tert-OH is 1. The number of hydrogen-bond donors (Lipinski definition) is 5. The van der Waals surface area contributed by atoms with Crippen molar-refractivity contribution in [2.45, 2.75) is 51.6 Å². The number of benzene rings is 1. The normalized spacial score (nSPS) is 15.1. The molecule has 2 atom stereocenters. The summed E-state index contributed by atoms with van der Waals surface area (Å²) in [6, 6.07) is 11.4. The van der Waals surface area contributed by atoms with E-state index in [9.17, 15) is 18.7 Å². The summed E-state index contributed by atoms with van der Waals surface area (Å²) < 4.78 is 46.7. The summed E-state index contributed by atoms with van der Waals surface area (Å²) >= 11 is 13.6. The van der Waals surface area contributed by atoms with E-state index in [-0.39, 0.29) is 58.2 Å². The first kappa shape index (κ1) is 34.3. The molecule has 248 valence electrons. The molecule has 1 saturated heterocycles. The highest BCUT2D eigenvalue weighted by atomic mass is 35.5. The van der Waals surface area contributed by atoms with Crippen molar-refractivity contribution in [3.63, 3.8) is 0 Å². The molecule has 10 nitrogen and oxygen atoms in total. The van der Waals surface area contributed by atoms with E-state index in [1.165, 1.54) is 18.5 Å². The van der Waals surface area contributed by atoms with Crippen molar-refractivity contribution in [2.24, 2.45) is 0 Å². The second-order valence-electron chi connectivity index (χ2n) is 10.9. The molecule has 0 spiro atoms. The highest BCUT2D eigenvalue weighted by molar-refractivity contribution is 6.39. The van der Waals surface area contributed by atoms with Crippen LogP contribution in [0, 0.1) is 5.82 Å². The number of nitrogens with one attached hydrogen (secondary N) is 4. The lowest BCUT2D eigenvalue weighted by Gasteiger charge is -2.16. The predicted molar refractivity (Wildman–Crippen MR) is 173 cm³/mol. The van der Waals surface area contributed by atoms with Gasteiger partial charge in [-0.25, -0.2) is 14.4 Å². The summed E-state index contributed by atoms with van der Waals surface area (Å²) in [6.07, 6.45) is 3.51. The Morgan fingerprint density at radius 1 is 1.02 bits per heavy atom. The van der Waals surface area contributed by atoms with Gasteiger partial charge in [-0.05, 0) is 37.6 Å². The van der Waals surface area contributed by atoms with E-state index in [0.29, 0.717) is 53.9 Å². The molecule has 4 heterocycles. The van der Waals surface area contributed by atoms with Gasteiger partial charge in [0, 0.05) is 73.3 Å². The minimum absolute atomic E-state index is 0.0168. The van der Waals surface area contributed by atoms with Crippen LogP contribution in [0.15, 0.2) is 54.9 Å². The van der Waals surface area contributed by atoms with Crippen molar-refractivity contribution in [3.8, 4) is 28.4 Å². The van der Waals surface area contributed by atoms with Crippen LogP contribution in [0.5, 0.6) is 5.88 Å². The third-order valence-electron chi connectivity index (χ3n) is 7.33. The van der Waals surface area contributed by atoms with Gasteiger partial charge in [0.15, 0.2) is 11.6 Å². The third-order valence-corrected chi connectivity index (χ3v) is 8.12. The van der Waals surface area contributed by atoms with Crippen molar-refractivity contribution in [3.05, 3.63) is 81.8 Å². The van der Waals surface area contributed by atoms with E-state index in [4.69, 9.17) is 27.9 Å². The van der Waals surface area contributed by atoms with Crippen LogP contribution in [-0.2, 0) is 17.9 Å². The maximum absolute atomic E-state index is 15.2. The lowest BCUT2D eigenvalue weighted by Crippen LogP contribution is -2.35. The SMILES string of the molecule is C[C@@H](O)CNCc1ccnc(Nc2cccc(-c3nccc(-c4ccc(CNC[C@@H]5CCC(=O)N5)c(OC(F)F)n4)c3Cl)c2Cl)c1F. The number of halogens is 5. The zero-order chi connectivity index (χ0) is 33.5. The van der Waals surface area contributed by atoms with Crippen molar-refractivity contribution < 1.29 is 27.8 Å². The number of nitrogens with zero attached hydrogens (tertiary/aromatic N) is 3. The van der Waals surface area contributed by atoms with Crippen LogP contribution in [0.4, 0.5) is 24.7 Å². The van der Waals surface area contributed by atoms with E-state index < -0.39 is 18.5 Å². The second kappa shape index (κ2) is 15.7.